The monoisotopic (exact) mass is 465 g/mol. The Labute approximate surface area is 219 Å². The zero-order chi connectivity index (χ0) is 23.5. The Morgan fingerprint density at radius 3 is 1.69 bits per heavy atom. The van der Waals surface area contributed by atoms with Gasteiger partial charge in [0, 0.05) is 21.4 Å². The molecule has 0 aromatic carbocycles. The SMILES string of the molecule is CCOC(=O)CC(=O)C1CC(C)(C)C1.CCOC(=O)CC(O)C1CC(C)(C)C1.CO.[B].[H-].[Na+]. The number of carbonyl (C=O) groups is 3. The molecule has 0 spiro atoms. The number of rotatable bonds is 8. The van der Waals surface area contributed by atoms with Crippen molar-refractivity contribution in [1.29, 1.82) is 0 Å². The van der Waals surface area contributed by atoms with Crippen LogP contribution in [0.15, 0.2) is 0 Å². The molecule has 2 saturated carbocycles. The van der Waals surface area contributed by atoms with Crippen LogP contribution in [0.1, 0.15) is 81.5 Å². The van der Waals surface area contributed by atoms with Crippen LogP contribution in [-0.4, -0.2) is 62.8 Å². The van der Waals surface area contributed by atoms with Gasteiger partial charge >= 0.3 is 41.5 Å². The van der Waals surface area contributed by atoms with Crippen molar-refractivity contribution in [2.75, 3.05) is 20.3 Å². The topological polar surface area (TPSA) is 110 Å². The predicted octanol–water partition coefficient (Wildman–Crippen LogP) is 0.0258. The second-order valence-corrected chi connectivity index (χ2v) is 9.63. The van der Waals surface area contributed by atoms with E-state index in [1.165, 1.54) is 0 Å². The number of ketones is 1. The Bertz CT molecular complexity index is 557. The molecule has 181 valence electrons. The molecule has 0 heterocycles. The molecule has 2 rings (SSSR count). The third kappa shape index (κ3) is 14.0. The van der Waals surface area contributed by atoms with Crippen LogP contribution in [0, 0.1) is 22.7 Å². The summed E-state index contributed by atoms with van der Waals surface area (Å²) in [4.78, 5) is 33.6. The van der Waals surface area contributed by atoms with Crippen molar-refractivity contribution in [2.45, 2.75) is 86.2 Å². The van der Waals surface area contributed by atoms with E-state index in [9.17, 15) is 19.5 Å². The molecule has 0 aromatic rings. The summed E-state index contributed by atoms with van der Waals surface area (Å²) < 4.78 is 9.51. The number of hydrogen-bond donors (Lipinski definition) is 2. The quantitative estimate of drug-likeness (QED) is 0.296. The predicted molar refractivity (Wildman–Crippen MR) is 122 cm³/mol. The molecular formula is C23H43BNaO7. The molecule has 2 fully saturated rings. The second-order valence-electron chi connectivity index (χ2n) is 9.63. The Balaban J connectivity index is -0.000000218. The minimum Gasteiger partial charge on any atom is -1.00 e. The minimum absolute atomic E-state index is 0. The summed E-state index contributed by atoms with van der Waals surface area (Å²) in [5, 5.41) is 16.7. The molecule has 1 atom stereocenters. The maximum Gasteiger partial charge on any atom is 1.00 e. The van der Waals surface area contributed by atoms with Crippen LogP contribution in [0.25, 0.3) is 0 Å². The molecule has 0 bridgehead atoms. The maximum atomic E-state index is 11.5. The van der Waals surface area contributed by atoms with Gasteiger partial charge in [-0.3, -0.25) is 14.4 Å². The Hall–Kier alpha value is -0.405. The van der Waals surface area contributed by atoms with E-state index >= 15 is 0 Å². The van der Waals surface area contributed by atoms with Gasteiger partial charge in [-0.1, -0.05) is 27.7 Å². The number of aliphatic hydroxyl groups excluding tert-OH is 2. The standard InChI is InChI=1S/C11H20O3.C11H18O3.CH4O.B.Na.H/c2*1-4-14-10(13)5-9(12)8-6-11(2,3)7-8;1-2;;;/h8-9,12H,4-7H2,1-3H3;8H,4-7H2,1-3H3;2H,1H3;;;/q;;;;+1;-1. The van der Waals surface area contributed by atoms with E-state index in [0.717, 1.165) is 32.8 Å². The first kappa shape index (κ1) is 36.2. The van der Waals surface area contributed by atoms with Gasteiger partial charge in [0.2, 0.25) is 0 Å². The number of esters is 2. The van der Waals surface area contributed by atoms with Crippen molar-refractivity contribution in [3.8, 4) is 0 Å². The Morgan fingerprint density at radius 2 is 1.31 bits per heavy atom. The summed E-state index contributed by atoms with van der Waals surface area (Å²) in [7, 11) is 1.00. The number of carbonyl (C=O) groups excluding carboxylic acids is 3. The van der Waals surface area contributed by atoms with Gasteiger partial charge in [-0.2, -0.15) is 0 Å². The Morgan fingerprint density at radius 1 is 0.906 bits per heavy atom. The number of ether oxygens (including phenoxy) is 2. The average Bonchev–Trinajstić information content (AvgIpc) is 2.60. The third-order valence-corrected chi connectivity index (χ3v) is 5.53. The van der Waals surface area contributed by atoms with Crippen molar-refractivity contribution in [3.63, 3.8) is 0 Å². The van der Waals surface area contributed by atoms with Crippen molar-refractivity contribution >= 4 is 26.1 Å². The molecule has 0 aromatic heterocycles. The minimum atomic E-state index is -0.512. The molecule has 0 saturated heterocycles. The van der Waals surface area contributed by atoms with Crippen LogP contribution < -0.4 is 29.6 Å². The van der Waals surface area contributed by atoms with Crippen molar-refractivity contribution in [3.05, 3.63) is 0 Å². The van der Waals surface area contributed by atoms with Crippen molar-refractivity contribution in [1.82, 2.24) is 0 Å². The second kappa shape index (κ2) is 17.1. The summed E-state index contributed by atoms with van der Waals surface area (Å²) in [5.74, 6) is -0.251. The van der Waals surface area contributed by atoms with Gasteiger partial charge in [0.1, 0.15) is 12.2 Å². The van der Waals surface area contributed by atoms with E-state index in [4.69, 9.17) is 14.6 Å². The summed E-state index contributed by atoms with van der Waals surface area (Å²) >= 11 is 0. The maximum absolute atomic E-state index is 11.5. The van der Waals surface area contributed by atoms with E-state index < -0.39 is 6.10 Å². The van der Waals surface area contributed by atoms with Gasteiger partial charge in [0.25, 0.3) is 0 Å². The van der Waals surface area contributed by atoms with Crippen molar-refractivity contribution in [2.24, 2.45) is 22.7 Å². The smallest absolute Gasteiger partial charge is 1.00 e. The van der Waals surface area contributed by atoms with E-state index in [1.54, 1.807) is 13.8 Å². The number of aliphatic hydroxyl groups is 2. The first-order valence-electron chi connectivity index (χ1n) is 10.9. The first-order chi connectivity index (χ1) is 13.9. The summed E-state index contributed by atoms with van der Waals surface area (Å²) in [6, 6.07) is 0. The molecule has 9 heteroatoms. The summed E-state index contributed by atoms with van der Waals surface area (Å²) in [6.45, 7) is 12.9. The molecule has 3 radical (unpaired) electrons. The van der Waals surface area contributed by atoms with Crippen LogP contribution in [0.4, 0.5) is 0 Å². The van der Waals surface area contributed by atoms with Gasteiger partial charge in [-0.25, -0.2) is 0 Å². The third-order valence-electron chi connectivity index (χ3n) is 5.53. The molecular weight excluding hydrogens is 422 g/mol. The van der Waals surface area contributed by atoms with Gasteiger partial charge in [-0.05, 0) is 56.3 Å². The molecule has 1 unspecified atom stereocenters. The van der Waals surface area contributed by atoms with E-state index in [1.807, 2.05) is 0 Å². The van der Waals surface area contributed by atoms with Gasteiger partial charge in [0.15, 0.2) is 0 Å². The largest absolute Gasteiger partial charge is 1.00 e. The van der Waals surface area contributed by atoms with E-state index in [0.29, 0.717) is 18.6 Å². The van der Waals surface area contributed by atoms with Crippen LogP contribution in [0.5, 0.6) is 0 Å². The number of hydrogen-bond acceptors (Lipinski definition) is 7. The molecule has 32 heavy (non-hydrogen) atoms. The molecule has 7 nitrogen and oxygen atoms in total. The normalized spacial score (nSPS) is 18.8. The zero-order valence-corrected chi connectivity index (χ0v) is 23.4. The van der Waals surface area contributed by atoms with Gasteiger partial charge < -0.3 is 21.1 Å². The molecule has 2 aliphatic carbocycles. The van der Waals surface area contributed by atoms with Gasteiger partial charge in [-0.15, -0.1) is 0 Å². The molecule has 2 N–H and O–H groups in total. The summed E-state index contributed by atoms with van der Waals surface area (Å²) in [6.07, 6.45) is 3.42. The van der Waals surface area contributed by atoms with Crippen LogP contribution in [0.3, 0.4) is 0 Å². The fourth-order valence-electron chi connectivity index (χ4n) is 4.19. The van der Waals surface area contributed by atoms with Crippen LogP contribution in [0.2, 0.25) is 0 Å². The van der Waals surface area contributed by atoms with E-state index in [2.05, 4.69) is 27.7 Å². The van der Waals surface area contributed by atoms with Gasteiger partial charge in [0.05, 0.1) is 25.7 Å². The fourth-order valence-corrected chi connectivity index (χ4v) is 4.19. The molecule has 0 aliphatic heterocycles. The van der Waals surface area contributed by atoms with E-state index in [-0.39, 0.29) is 87.2 Å². The first-order valence-corrected chi connectivity index (χ1v) is 10.9. The average molecular weight is 465 g/mol. The Kier molecular flexibility index (Phi) is 19.3. The fraction of sp³-hybridized carbons (Fsp3) is 0.870. The zero-order valence-electron chi connectivity index (χ0n) is 22.4. The van der Waals surface area contributed by atoms with Crippen molar-refractivity contribution < 1.29 is 65.1 Å². The number of Topliss-reactive ketones (excluding diaryl/α,β-unsaturated/α-hetero) is 1. The van der Waals surface area contributed by atoms with Crippen LogP contribution >= 0.6 is 0 Å². The molecule has 0 amide bonds. The summed E-state index contributed by atoms with van der Waals surface area (Å²) in [5.41, 5.74) is 0.634. The van der Waals surface area contributed by atoms with Crippen LogP contribution in [-0.2, 0) is 23.9 Å². The molecule has 2 aliphatic rings.